The molecule has 5 nitrogen and oxygen atoms in total. The van der Waals surface area contributed by atoms with Crippen molar-refractivity contribution in [1.29, 1.82) is 0 Å². The number of para-hydroxylation sites is 1. The molecule has 1 aromatic carbocycles. The van der Waals surface area contributed by atoms with E-state index in [-0.39, 0.29) is 0 Å². The van der Waals surface area contributed by atoms with Crippen LogP contribution in [0.4, 0.5) is 5.69 Å². The van der Waals surface area contributed by atoms with Crippen molar-refractivity contribution < 1.29 is 8.42 Å². The molecule has 1 aliphatic rings. The van der Waals surface area contributed by atoms with Crippen LogP contribution in [0.1, 0.15) is 19.3 Å². The van der Waals surface area contributed by atoms with Crippen molar-refractivity contribution in [3.8, 4) is 0 Å². The molecule has 0 aliphatic carbocycles. The summed E-state index contributed by atoms with van der Waals surface area (Å²) in [7, 11) is -3.48. The van der Waals surface area contributed by atoms with Gasteiger partial charge in [0, 0.05) is 24.7 Å². The monoisotopic (exact) mass is 291 g/mol. The smallest absolute Gasteiger partial charge is 0.269 e. The third-order valence-electron chi connectivity index (χ3n) is 3.53. The van der Waals surface area contributed by atoms with Gasteiger partial charge in [-0.1, -0.05) is 24.6 Å². The zero-order valence-electron chi connectivity index (χ0n) is 11.1. The van der Waals surface area contributed by atoms with Crippen LogP contribution in [0.15, 0.2) is 36.5 Å². The first kappa shape index (κ1) is 13.3. The van der Waals surface area contributed by atoms with Crippen LogP contribution < -0.4 is 4.72 Å². The van der Waals surface area contributed by atoms with Gasteiger partial charge in [0.2, 0.25) is 0 Å². The molecule has 0 radical (unpaired) electrons. The van der Waals surface area contributed by atoms with Crippen molar-refractivity contribution in [2.24, 2.45) is 0 Å². The van der Waals surface area contributed by atoms with Gasteiger partial charge < -0.3 is 0 Å². The van der Waals surface area contributed by atoms with Crippen LogP contribution in [0, 0.1) is 0 Å². The molecular weight excluding hydrogens is 274 g/mol. The standard InChI is InChI=1S/C14H17N3O2S/c18-20(19,17-10-2-1-3-11-17)16-13-8-4-6-12-7-5-9-15-14(12)13/h4-9,16H,1-3,10-11H2. The second kappa shape index (κ2) is 5.38. The number of fused-ring (bicyclic) bond motifs is 1. The fourth-order valence-corrected chi connectivity index (χ4v) is 3.81. The Hall–Kier alpha value is -1.66. The fraction of sp³-hybridized carbons (Fsp3) is 0.357. The van der Waals surface area contributed by atoms with E-state index < -0.39 is 10.2 Å². The molecule has 1 aliphatic heterocycles. The van der Waals surface area contributed by atoms with Gasteiger partial charge in [0.1, 0.15) is 0 Å². The summed E-state index contributed by atoms with van der Waals surface area (Å²) in [6.07, 6.45) is 4.62. The SMILES string of the molecule is O=S(=O)(Nc1cccc2cccnc12)N1CCCCC1. The van der Waals surface area contributed by atoms with Gasteiger partial charge >= 0.3 is 10.2 Å². The number of hydrogen-bond acceptors (Lipinski definition) is 3. The summed E-state index contributed by atoms with van der Waals surface area (Å²) >= 11 is 0. The van der Waals surface area contributed by atoms with E-state index in [4.69, 9.17) is 0 Å². The minimum Gasteiger partial charge on any atom is -0.269 e. The summed E-state index contributed by atoms with van der Waals surface area (Å²) in [5, 5.41) is 0.923. The summed E-state index contributed by atoms with van der Waals surface area (Å²) in [5.74, 6) is 0. The second-order valence-corrected chi connectivity index (χ2v) is 6.62. The van der Waals surface area contributed by atoms with E-state index in [9.17, 15) is 8.42 Å². The van der Waals surface area contributed by atoms with E-state index in [1.807, 2.05) is 24.3 Å². The lowest BCUT2D eigenvalue weighted by Gasteiger charge is -2.26. The third kappa shape index (κ3) is 2.62. The highest BCUT2D eigenvalue weighted by atomic mass is 32.2. The molecule has 6 heteroatoms. The second-order valence-electron chi connectivity index (χ2n) is 4.95. The number of nitrogens with zero attached hydrogens (tertiary/aromatic N) is 2. The summed E-state index contributed by atoms with van der Waals surface area (Å²) in [4.78, 5) is 4.26. The molecule has 2 heterocycles. The zero-order valence-corrected chi connectivity index (χ0v) is 11.9. The molecule has 0 spiro atoms. The molecule has 106 valence electrons. The molecule has 1 saturated heterocycles. The average molecular weight is 291 g/mol. The van der Waals surface area contributed by atoms with E-state index >= 15 is 0 Å². The Bertz CT molecular complexity index is 704. The highest BCUT2D eigenvalue weighted by molar-refractivity contribution is 7.90. The van der Waals surface area contributed by atoms with Gasteiger partial charge in [0.05, 0.1) is 11.2 Å². The number of anilines is 1. The molecular formula is C14H17N3O2S. The number of pyridine rings is 1. The summed E-state index contributed by atoms with van der Waals surface area (Å²) in [6, 6.07) is 9.25. The summed E-state index contributed by atoms with van der Waals surface area (Å²) < 4.78 is 29.0. The minimum absolute atomic E-state index is 0.536. The maximum Gasteiger partial charge on any atom is 0.301 e. The van der Waals surface area contributed by atoms with Gasteiger partial charge in [-0.05, 0) is 25.0 Å². The fourth-order valence-electron chi connectivity index (χ4n) is 2.50. The van der Waals surface area contributed by atoms with Crippen molar-refractivity contribution in [2.75, 3.05) is 17.8 Å². The quantitative estimate of drug-likeness (QED) is 0.944. The predicted octanol–water partition coefficient (Wildman–Crippen LogP) is 2.38. The molecule has 0 atom stereocenters. The van der Waals surface area contributed by atoms with Crippen LogP contribution in [-0.4, -0.2) is 30.8 Å². The predicted molar refractivity (Wildman–Crippen MR) is 79.7 cm³/mol. The molecule has 2 aromatic rings. The van der Waals surface area contributed by atoms with Gasteiger partial charge in [-0.25, -0.2) is 0 Å². The number of piperidine rings is 1. The van der Waals surface area contributed by atoms with Crippen LogP contribution in [0.5, 0.6) is 0 Å². The van der Waals surface area contributed by atoms with Gasteiger partial charge in [0.25, 0.3) is 0 Å². The summed E-state index contributed by atoms with van der Waals surface area (Å²) in [6.45, 7) is 1.18. The molecule has 0 bridgehead atoms. The lowest BCUT2D eigenvalue weighted by atomic mass is 10.2. The molecule has 1 aromatic heterocycles. The Morgan fingerprint density at radius 2 is 1.80 bits per heavy atom. The lowest BCUT2D eigenvalue weighted by molar-refractivity contribution is 0.349. The van der Waals surface area contributed by atoms with E-state index in [0.717, 1.165) is 24.6 Å². The van der Waals surface area contributed by atoms with Gasteiger partial charge in [-0.2, -0.15) is 12.7 Å². The Morgan fingerprint density at radius 3 is 2.60 bits per heavy atom. The maximum atomic E-state index is 12.4. The first-order chi connectivity index (χ1) is 9.67. The average Bonchev–Trinajstić information content (AvgIpc) is 2.48. The third-order valence-corrected chi connectivity index (χ3v) is 5.05. The number of rotatable bonds is 3. The lowest BCUT2D eigenvalue weighted by Crippen LogP contribution is -2.39. The Kier molecular flexibility index (Phi) is 3.58. The molecule has 20 heavy (non-hydrogen) atoms. The van der Waals surface area contributed by atoms with E-state index in [2.05, 4.69) is 9.71 Å². The first-order valence-corrected chi connectivity index (χ1v) is 8.22. The molecule has 1 fully saturated rings. The van der Waals surface area contributed by atoms with Gasteiger partial charge in [-0.3, -0.25) is 9.71 Å². The number of benzene rings is 1. The molecule has 0 unspecified atom stereocenters. The van der Waals surface area contributed by atoms with Crippen molar-refractivity contribution in [2.45, 2.75) is 19.3 Å². The molecule has 1 N–H and O–H groups in total. The number of nitrogens with one attached hydrogen (secondary N) is 1. The largest absolute Gasteiger partial charge is 0.301 e. The topological polar surface area (TPSA) is 62.3 Å². The summed E-state index contributed by atoms with van der Waals surface area (Å²) in [5.41, 5.74) is 1.21. The number of hydrogen-bond donors (Lipinski definition) is 1. The van der Waals surface area contributed by atoms with Crippen molar-refractivity contribution in [3.05, 3.63) is 36.5 Å². The number of aromatic nitrogens is 1. The van der Waals surface area contributed by atoms with Crippen molar-refractivity contribution in [1.82, 2.24) is 9.29 Å². The highest BCUT2D eigenvalue weighted by Crippen LogP contribution is 2.23. The highest BCUT2D eigenvalue weighted by Gasteiger charge is 2.24. The van der Waals surface area contributed by atoms with E-state index in [1.54, 1.807) is 12.3 Å². The zero-order chi connectivity index (χ0) is 14.0. The Labute approximate surface area is 118 Å². The minimum atomic E-state index is -3.48. The van der Waals surface area contributed by atoms with Crippen LogP contribution >= 0.6 is 0 Å². The van der Waals surface area contributed by atoms with Crippen molar-refractivity contribution in [3.63, 3.8) is 0 Å². The first-order valence-electron chi connectivity index (χ1n) is 6.78. The van der Waals surface area contributed by atoms with Crippen LogP contribution in [-0.2, 0) is 10.2 Å². The molecule has 0 saturated carbocycles. The Morgan fingerprint density at radius 1 is 1.05 bits per heavy atom. The van der Waals surface area contributed by atoms with Gasteiger partial charge in [0.15, 0.2) is 0 Å². The van der Waals surface area contributed by atoms with Crippen LogP contribution in [0.2, 0.25) is 0 Å². The molecule has 3 rings (SSSR count). The molecule has 0 amide bonds. The Balaban J connectivity index is 1.92. The van der Waals surface area contributed by atoms with E-state index in [1.165, 1.54) is 4.31 Å². The van der Waals surface area contributed by atoms with Crippen LogP contribution in [0.3, 0.4) is 0 Å². The maximum absolute atomic E-state index is 12.4. The van der Waals surface area contributed by atoms with Crippen molar-refractivity contribution >= 4 is 26.8 Å². The normalized spacial score (nSPS) is 17.2. The van der Waals surface area contributed by atoms with Gasteiger partial charge in [-0.15, -0.1) is 0 Å². The van der Waals surface area contributed by atoms with E-state index in [0.29, 0.717) is 24.3 Å². The van der Waals surface area contributed by atoms with Crippen LogP contribution in [0.25, 0.3) is 10.9 Å².